The monoisotopic (exact) mass is 426 g/mol. The van der Waals surface area contributed by atoms with E-state index in [0.29, 0.717) is 0 Å². The molecule has 1 N–H and O–H groups in total. The van der Waals surface area contributed by atoms with E-state index in [-0.39, 0.29) is 4.90 Å². The quantitative estimate of drug-likeness (QED) is 0.534. The van der Waals surface area contributed by atoms with E-state index in [0.717, 1.165) is 41.0 Å². The molecule has 1 heterocycles. The summed E-state index contributed by atoms with van der Waals surface area (Å²) in [6, 6.07) is 17.1. The third-order valence-corrected chi connectivity index (χ3v) is 6.83. The van der Waals surface area contributed by atoms with Gasteiger partial charge in [0.15, 0.2) is 0 Å². The number of hydrogen-bond donors (Lipinski definition) is 1. The predicted octanol–water partition coefficient (Wildman–Crippen LogP) is 5.27. The van der Waals surface area contributed by atoms with E-state index in [1.165, 1.54) is 0 Å². The lowest BCUT2D eigenvalue weighted by Gasteiger charge is -2.21. The lowest BCUT2D eigenvalue weighted by atomic mass is 10.0. The first-order valence-electron chi connectivity index (χ1n) is 9.61. The van der Waals surface area contributed by atoms with E-state index in [4.69, 9.17) is 0 Å². The second-order valence-electron chi connectivity index (χ2n) is 6.72. The van der Waals surface area contributed by atoms with Crippen LogP contribution in [0.3, 0.4) is 0 Å². The van der Waals surface area contributed by atoms with Gasteiger partial charge in [-0.05, 0) is 73.0 Å². The van der Waals surface area contributed by atoms with E-state index in [9.17, 15) is 8.42 Å². The van der Waals surface area contributed by atoms with Gasteiger partial charge in [-0.1, -0.05) is 29.8 Å². The van der Waals surface area contributed by atoms with Crippen LogP contribution in [0.2, 0.25) is 0 Å². The van der Waals surface area contributed by atoms with E-state index >= 15 is 0 Å². The number of anilines is 1. The Balaban J connectivity index is 1.93. The first-order chi connectivity index (χ1) is 13.9. The molecule has 152 valence electrons. The van der Waals surface area contributed by atoms with Crippen molar-refractivity contribution in [2.75, 3.05) is 18.0 Å². The molecule has 0 aliphatic rings. The van der Waals surface area contributed by atoms with E-state index in [1.807, 2.05) is 35.9 Å². The Labute approximate surface area is 177 Å². The SMILES string of the molecule is CCN(CC)c1ccc(C(=CNS(=O)(=O)c2ccc(C)cc2)c2ccsc2)cc1. The Bertz CT molecular complexity index is 1050. The van der Waals surface area contributed by atoms with Gasteiger partial charge < -0.3 is 4.90 Å². The van der Waals surface area contributed by atoms with Gasteiger partial charge in [-0.25, -0.2) is 8.42 Å². The third-order valence-electron chi connectivity index (χ3n) is 4.83. The second-order valence-corrected chi connectivity index (χ2v) is 9.22. The highest BCUT2D eigenvalue weighted by Gasteiger charge is 2.14. The number of rotatable bonds is 8. The molecule has 2 aromatic carbocycles. The largest absolute Gasteiger partial charge is 0.372 e. The molecular weight excluding hydrogens is 400 g/mol. The van der Waals surface area contributed by atoms with Crippen molar-refractivity contribution < 1.29 is 8.42 Å². The van der Waals surface area contributed by atoms with Crippen LogP contribution in [0.25, 0.3) is 5.57 Å². The molecule has 0 spiro atoms. The van der Waals surface area contributed by atoms with E-state index in [2.05, 4.69) is 35.6 Å². The lowest BCUT2D eigenvalue weighted by Crippen LogP contribution is -2.21. The van der Waals surface area contributed by atoms with Crippen molar-refractivity contribution >= 4 is 32.6 Å². The summed E-state index contributed by atoms with van der Waals surface area (Å²) in [7, 11) is -3.63. The smallest absolute Gasteiger partial charge is 0.261 e. The number of nitrogens with zero attached hydrogens (tertiary/aromatic N) is 1. The van der Waals surface area contributed by atoms with E-state index < -0.39 is 10.0 Å². The summed E-state index contributed by atoms with van der Waals surface area (Å²) in [6.45, 7) is 8.08. The number of thiophene rings is 1. The molecule has 0 amide bonds. The standard InChI is InChI=1S/C23H26N2O2S2/c1-4-25(5-2)21-10-8-19(9-11-21)23(20-14-15-28-17-20)16-24-29(26,27)22-12-6-18(3)7-13-22/h6-17,24H,4-5H2,1-3H3. The van der Waals surface area contributed by atoms with Gasteiger partial charge in [-0.3, -0.25) is 4.72 Å². The van der Waals surface area contributed by atoms with Gasteiger partial charge in [0.2, 0.25) is 0 Å². The Morgan fingerprint density at radius 3 is 2.17 bits per heavy atom. The average molecular weight is 427 g/mol. The zero-order valence-corrected chi connectivity index (χ0v) is 18.6. The second kappa shape index (κ2) is 9.29. The maximum atomic E-state index is 12.7. The average Bonchev–Trinajstić information content (AvgIpc) is 3.25. The number of nitrogens with one attached hydrogen (secondary N) is 1. The summed E-state index contributed by atoms with van der Waals surface area (Å²) in [6.07, 6.45) is 1.59. The highest BCUT2D eigenvalue weighted by Crippen LogP contribution is 2.27. The van der Waals surface area contributed by atoms with Crippen LogP contribution in [-0.4, -0.2) is 21.5 Å². The number of benzene rings is 2. The van der Waals surface area contributed by atoms with Gasteiger partial charge in [0.05, 0.1) is 4.90 Å². The zero-order chi connectivity index (χ0) is 20.9. The van der Waals surface area contributed by atoms with Crippen LogP contribution in [-0.2, 0) is 10.0 Å². The molecule has 4 nitrogen and oxygen atoms in total. The topological polar surface area (TPSA) is 49.4 Å². The third kappa shape index (κ3) is 5.08. The predicted molar refractivity (Wildman–Crippen MR) is 123 cm³/mol. The molecule has 0 aliphatic heterocycles. The molecule has 0 atom stereocenters. The van der Waals surface area contributed by atoms with Crippen LogP contribution in [0.1, 0.15) is 30.5 Å². The molecule has 0 radical (unpaired) electrons. The highest BCUT2D eigenvalue weighted by atomic mass is 32.2. The molecule has 0 bridgehead atoms. The normalized spacial score (nSPS) is 12.0. The van der Waals surface area contributed by atoms with Crippen LogP contribution in [0.5, 0.6) is 0 Å². The summed E-state index contributed by atoms with van der Waals surface area (Å²) in [5.74, 6) is 0. The van der Waals surface area contributed by atoms with Crippen LogP contribution in [0, 0.1) is 6.92 Å². The summed E-state index contributed by atoms with van der Waals surface area (Å²) in [4.78, 5) is 2.53. The van der Waals surface area contributed by atoms with E-state index in [1.54, 1.807) is 41.8 Å². The molecule has 3 aromatic rings. The molecular formula is C23H26N2O2S2. The Kier molecular flexibility index (Phi) is 6.77. The molecule has 6 heteroatoms. The van der Waals surface area contributed by atoms with Crippen LogP contribution in [0.4, 0.5) is 5.69 Å². The lowest BCUT2D eigenvalue weighted by molar-refractivity contribution is 0.590. The molecule has 1 aromatic heterocycles. The first kappa shape index (κ1) is 21.1. The van der Waals surface area contributed by atoms with Crippen molar-refractivity contribution in [2.45, 2.75) is 25.7 Å². The molecule has 3 rings (SSSR count). The number of sulfonamides is 1. The molecule has 29 heavy (non-hydrogen) atoms. The molecule has 0 saturated heterocycles. The van der Waals surface area contributed by atoms with Crippen molar-refractivity contribution in [3.05, 3.63) is 88.2 Å². The maximum absolute atomic E-state index is 12.7. The van der Waals surface area contributed by atoms with Gasteiger partial charge in [0.1, 0.15) is 0 Å². The Morgan fingerprint density at radius 2 is 1.62 bits per heavy atom. The van der Waals surface area contributed by atoms with Crippen molar-refractivity contribution in [1.82, 2.24) is 4.72 Å². The molecule has 0 unspecified atom stereocenters. The Hall–Kier alpha value is -2.57. The zero-order valence-electron chi connectivity index (χ0n) is 16.9. The van der Waals surface area contributed by atoms with Gasteiger partial charge in [-0.15, -0.1) is 0 Å². The fourth-order valence-electron chi connectivity index (χ4n) is 3.11. The summed E-state index contributed by atoms with van der Waals surface area (Å²) in [5.41, 5.74) is 4.96. The summed E-state index contributed by atoms with van der Waals surface area (Å²) in [5, 5.41) is 4.01. The van der Waals surface area contributed by atoms with Crippen molar-refractivity contribution in [2.24, 2.45) is 0 Å². The van der Waals surface area contributed by atoms with Crippen LogP contribution in [0.15, 0.2) is 76.5 Å². The Morgan fingerprint density at radius 1 is 0.966 bits per heavy atom. The van der Waals surface area contributed by atoms with Crippen LogP contribution < -0.4 is 9.62 Å². The van der Waals surface area contributed by atoms with Gasteiger partial charge in [0, 0.05) is 30.5 Å². The minimum absolute atomic E-state index is 0.251. The van der Waals surface area contributed by atoms with Crippen molar-refractivity contribution in [3.8, 4) is 0 Å². The molecule has 0 saturated carbocycles. The van der Waals surface area contributed by atoms with Crippen molar-refractivity contribution in [3.63, 3.8) is 0 Å². The van der Waals surface area contributed by atoms with Crippen molar-refractivity contribution in [1.29, 1.82) is 0 Å². The van der Waals surface area contributed by atoms with Gasteiger partial charge >= 0.3 is 0 Å². The van der Waals surface area contributed by atoms with Gasteiger partial charge in [-0.2, -0.15) is 11.3 Å². The number of hydrogen-bond acceptors (Lipinski definition) is 4. The minimum Gasteiger partial charge on any atom is -0.372 e. The number of aryl methyl sites for hydroxylation is 1. The van der Waals surface area contributed by atoms with Crippen LogP contribution >= 0.6 is 11.3 Å². The summed E-state index contributed by atoms with van der Waals surface area (Å²) >= 11 is 1.58. The molecule has 0 fully saturated rings. The fourth-order valence-corrected chi connectivity index (χ4v) is 4.67. The first-order valence-corrected chi connectivity index (χ1v) is 12.0. The summed E-state index contributed by atoms with van der Waals surface area (Å²) < 4.78 is 28.1. The molecule has 0 aliphatic carbocycles. The highest BCUT2D eigenvalue weighted by molar-refractivity contribution is 7.89. The maximum Gasteiger partial charge on any atom is 0.261 e. The minimum atomic E-state index is -3.63. The van der Waals surface area contributed by atoms with Gasteiger partial charge in [0.25, 0.3) is 10.0 Å². The fraction of sp³-hybridized carbons (Fsp3) is 0.217.